The van der Waals surface area contributed by atoms with Gasteiger partial charge >= 0.3 is 0 Å². The molecule has 0 bridgehead atoms. The van der Waals surface area contributed by atoms with Crippen LogP contribution in [-0.2, 0) is 9.47 Å². The molecule has 0 saturated heterocycles. The van der Waals surface area contributed by atoms with Crippen molar-refractivity contribution in [3.63, 3.8) is 0 Å². The van der Waals surface area contributed by atoms with Crippen molar-refractivity contribution in [3.8, 4) is 0 Å². The minimum absolute atomic E-state index is 0. The monoisotopic (exact) mass is 401 g/mol. The van der Waals surface area contributed by atoms with E-state index in [1.54, 1.807) is 7.05 Å². The van der Waals surface area contributed by atoms with Crippen molar-refractivity contribution in [2.45, 2.75) is 33.6 Å². The molecule has 0 aromatic rings. The van der Waals surface area contributed by atoms with Crippen LogP contribution >= 0.6 is 24.0 Å². The van der Waals surface area contributed by atoms with Crippen molar-refractivity contribution >= 4 is 29.9 Å². The summed E-state index contributed by atoms with van der Waals surface area (Å²) in [6.45, 7) is 11.3. The second kappa shape index (κ2) is 17.0. The zero-order chi connectivity index (χ0) is 14.3. The third-order valence-electron chi connectivity index (χ3n) is 2.39. The van der Waals surface area contributed by atoms with Gasteiger partial charge in [-0.15, -0.1) is 24.0 Å². The van der Waals surface area contributed by atoms with Crippen molar-refractivity contribution in [1.29, 1.82) is 0 Å². The van der Waals surface area contributed by atoms with Crippen LogP contribution in [0.15, 0.2) is 4.99 Å². The molecule has 0 aromatic carbocycles. The van der Waals surface area contributed by atoms with Crippen LogP contribution in [0.2, 0.25) is 0 Å². The fourth-order valence-electron chi connectivity index (χ4n) is 1.45. The number of nitrogens with one attached hydrogen (secondary N) is 2. The van der Waals surface area contributed by atoms with Crippen LogP contribution in [0.1, 0.15) is 33.6 Å². The molecule has 20 heavy (non-hydrogen) atoms. The lowest BCUT2D eigenvalue weighted by molar-refractivity contribution is 0.108. The van der Waals surface area contributed by atoms with Gasteiger partial charge in [-0.25, -0.2) is 0 Å². The summed E-state index contributed by atoms with van der Waals surface area (Å²) in [7, 11) is 1.78. The number of hydrogen-bond donors (Lipinski definition) is 2. The summed E-state index contributed by atoms with van der Waals surface area (Å²) in [4.78, 5) is 4.16. The quantitative estimate of drug-likeness (QED) is 0.241. The highest BCUT2D eigenvalue weighted by atomic mass is 127. The molecule has 0 aliphatic rings. The third-order valence-corrected chi connectivity index (χ3v) is 2.39. The summed E-state index contributed by atoms with van der Waals surface area (Å²) in [5, 5.41) is 6.52. The minimum atomic E-state index is 0. The molecule has 0 amide bonds. The molecule has 0 radical (unpaired) electrons. The molecular weight excluding hydrogens is 369 g/mol. The van der Waals surface area contributed by atoms with E-state index in [2.05, 4.69) is 29.5 Å². The first kappa shape index (κ1) is 22.2. The van der Waals surface area contributed by atoms with Crippen LogP contribution in [0.5, 0.6) is 0 Å². The van der Waals surface area contributed by atoms with E-state index in [0.717, 1.165) is 58.3 Å². The topological polar surface area (TPSA) is 54.9 Å². The molecule has 5 nitrogen and oxygen atoms in total. The molecule has 0 atom stereocenters. The van der Waals surface area contributed by atoms with Crippen LogP contribution in [0.25, 0.3) is 0 Å². The number of rotatable bonds is 11. The molecule has 0 aliphatic carbocycles. The van der Waals surface area contributed by atoms with Gasteiger partial charge in [0, 0.05) is 46.6 Å². The van der Waals surface area contributed by atoms with E-state index in [4.69, 9.17) is 9.47 Å². The van der Waals surface area contributed by atoms with Crippen molar-refractivity contribution in [3.05, 3.63) is 0 Å². The van der Waals surface area contributed by atoms with Gasteiger partial charge < -0.3 is 20.1 Å². The summed E-state index contributed by atoms with van der Waals surface area (Å²) in [5.41, 5.74) is 0. The highest BCUT2D eigenvalue weighted by molar-refractivity contribution is 14.0. The number of ether oxygens (including phenoxy) is 2. The van der Waals surface area contributed by atoms with Crippen LogP contribution in [0, 0.1) is 5.92 Å². The van der Waals surface area contributed by atoms with Gasteiger partial charge in [-0.1, -0.05) is 13.8 Å². The Morgan fingerprint density at radius 1 is 1.05 bits per heavy atom. The third kappa shape index (κ3) is 16.0. The highest BCUT2D eigenvalue weighted by Gasteiger charge is 1.97. The average Bonchev–Trinajstić information content (AvgIpc) is 2.39. The molecule has 0 heterocycles. The first-order valence-electron chi connectivity index (χ1n) is 7.30. The maximum Gasteiger partial charge on any atom is 0.190 e. The molecule has 0 fully saturated rings. The van der Waals surface area contributed by atoms with Gasteiger partial charge in [0.1, 0.15) is 0 Å². The summed E-state index contributed by atoms with van der Waals surface area (Å²) in [6.07, 6.45) is 1.98. The van der Waals surface area contributed by atoms with Crippen molar-refractivity contribution in [2.75, 3.05) is 46.6 Å². The van der Waals surface area contributed by atoms with Gasteiger partial charge in [0.05, 0.1) is 0 Å². The van der Waals surface area contributed by atoms with E-state index in [1.807, 2.05) is 6.92 Å². The van der Waals surface area contributed by atoms with Gasteiger partial charge in [0.2, 0.25) is 0 Å². The van der Waals surface area contributed by atoms with E-state index in [1.165, 1.54) is 0 Å². The number of hydrogen-bond acceptors (Lipinski definition) is 3. The first-order valence-corrected chi connectivity index (χ1v) is 7.30. The molecule has 0 saturated carbocycles. The zero-order valence-electron chi connectivity index (χ0n) is 13.4. The summed E-state index contributed by atoms with van der Waals surface area (Å²) < 4.78 is 10.8. The van der Waals surface area contributed by atoms with Gasteiger partial charge in [-0.05, 0) is 25.7 Å². The molecule has 0 aliphatic heterocycles. The molecule has 0 aromatic heterocycles. The fraction of sp³-hybridized carbons (Fsp3) is 0.929. The summed E-state index contributed by atoms with van der Waals surface area (Å²) in [6, 6.07) is 0. The van der Waals surface area contributed by atoms with E-state index >= 15 is 0 Å². The Morgan fingerprint density at radius 2 is 1.60 bits per heavy atom. The number of halogens is 1. The van der Waals surface area contributed by atoms with E-state index in [9.17, 15) is 0 Å². The standard InChI is InChI=1S/C14H31N3O2.HI/c1-5-18-10-6-8-16-14(15-4)17-9-7-11-19-12-13(2)3;/h13H,5-12H2,1-4H3,(H2,15,16,17);1H. The first-order chi connectivity index (χ1) is 9.20. The number of guanidine groups is 1. The van der Waals surface area contributed by atoms with E-state index in [0.29, 0.717) is 5.92 Å². The molecular formula is C14H32IN3O2. The normalized spacial score (nSPS) is 11.3. The SMILES string of the molecule is CCOCCCNC(=NC)NCCCOCC(C)C.I. The smallest absolute Gasteiger partial charge is 0.190 e. The fourth-order valence-corrected chi connectivity index (χ4v) is 1.45. The maximum absolute atomic E-state index is 5.52. The lowest BCUT2D eigenvalue weighted by Gasteiger charge is -2.12. The van der Waals surface area contributed by atoms with Crippen molar-refractivity contribution in [2.24, 2.45) is 10.9 Å². The van der Waals surface area contributed by atoms with Crippen LogP contribution in [-0.4, -0.2) is 52.5 Å². The predicted octanol–water partition coefficient (Wildman–Crippen LogP) is 2.26. The van der Waals surface area contributed by atoms with Crippen LogP contribution in [0.4, 0.5) is 0 Å². The highest BCUT2D eigenvalue weighted by Crippen LogP contribution is 1.92. The van der Waals surface area contributed by atoms with Crippen molar-refractivity contribution < 1.29 is 9.47 Å². The zero-order valence-corrected chi connectivity index (χ0v) is 15.7. The van der Waals surface area contributed by atoms with E-state index < -0.39 is 0 Å². The maximum atomic E-state index is 5.52. The molecule has 0 spiro atoms. The molecule has 2 N–H and O–H groups in total. The molecule has 0 rings (SSSR count). The molecule has 0 unspecified atom stereocenters. The van der Waals surface area contributed by atoms with Crippen LogP contribution in [0.3, 0.4) is 0 Å². The molecule has 6 heteroatoms. The lowest BCUT2D eigenvalue weighted by Crippen LogP contribution is -2.38. The van der Waals surface area contributed by atoms with Crippen LogP contribution < -0.4 is 10.6 Å². The largest absolute Gasteiger partial charge is 0.382 e. The Kier molecular flexibility index (Phi) is 18.8. The average molecular weight is 401 g/mol. The number of nitrogens with zero attached hydrogens (tertiary/aromatic N) is 1. The Labute approximate surface area is 141 Å². The van der Waals surface area contributed by atoms with Gasteiger partial charge in [0.15, 0.2) is 5.96 Å². The molecule has 122 valence electrons. The van der Waals surface area contributed by atoms with Gasteiger partial charge in [-0.2, -0.15) is 0 Å². The lowest BCUT2D eigenvalue weighted by atomic mass is 10.2. The summed E-state index contributed by atoms with van der Waals surface area (Å²) in [5.74, 6) is 1.45. The Bertz CT molecular complexity index is 226. The second-order valence-corrected chi connectivity index (χ2v) is 4.80. The Morgan fingerprint density at radius 3 is 2.05 bits per heavy atom. The minimum Gasteiger partial charge on any atom is -0.382 e. The predicted molar refractivity (Wildman–Crippen MR) is 96.2 cm³/mol. The Hall–Kier alpha value is -0.0800. The second-order valence-electron chi connectivity index (χ2n) is 4.80. The summed E-state index contributed by atoms with van der Waals surface area (Å²) >= 11 is 0. The van der Waals surface area contributed by atoms with Gasteiger partial charge in [0.25, 0.3) is 0 Å². The van der Waals surface area contributed by atoms with E-state index in [-0.39, 0.29) is 24.0 Å². The Balaban J connectivity index is 0. The number of aliphatic imine (C=N–C) groups is 1. The van der Waals surface area contributed by atoms with Crippen molar-refractivity contribution in [1.82, 2.24) is 10.6 Å². The van der Waals surface area contributed by atoms with Gasteiger partial charge in [-0.3, -0.25) is 4.99 Å².